The van der Waals surface area contributed by atoms with Gasteiger partial charge in [0.1, 0.15) is 5.82 Å². The van der Waals surface area contributed by atoms with Crippen LogP contribution in [0.4, 0.5) is 0 Å². The number of unbranched alkanes of at least 4 members (excludes halogenated alkanes) is 12. The Morgan fingerprint density at radius 1 is 0.852 bits per heavy atom. The molecule has 0 aliphatic rings. The van der Waals surface area contributed by atoms with Crippen molar-refractivity contribution in [1.29, 1.82) is 0 Å². The summed E-state index contributed by atoms with van der Waals surface area (Å²) in [5, 5.41) is 13.6. The van der Waals surface area contributed by atoms with E-state index in [4.69, 9.17) is 15.3 Å². The van der Waals surface area contributed by atoms with Crippen LogP contribution in [-0.4, -0.2) is 20.3 Å². The minimum absolute atomic E-state index is 1.11. The van der Waals surface area contributed by atoms with Gasteiger partial charge in [-0.25, -0.2) is 4.98 Å². The molecule has 0 unspecified atom stereocenters. The van der Waals surface area contributed by atoms with Crippen molar-refractivity contribution >= 4 is 0 Å². The number of rotatable bonds is 16. The minimum atomic E-state index is -1.50. The van der Waals surface area contributed by atoms with Crippen molar-refractivity contribution in [2.24, 2.45) is 0 Å². The lowest BCUT2D eigenvalue weighted by Crippen LogP contribution is -1.90. The van der Waals surface area contributed by atoms with Crippen LogP contribution in [0.25, 0.3) is 0 Å². The molecule has 27 heavy (non-hydrogen) atoms. The second-order valence-electron chi connectivity index (χ2n) is 7.32. The fraction of sp³-hybridized carbons (Fsp3) is 0.857. The third kappa shape index (κ3) is 19.0. The number of nitrogens with one attached hydrogen (secondary N) is 1. The highest BCUT2D eigenvalue weighted by Gasteiger charge is 2.01. The first-order valence-electron chi connectivity index (χ1n) is 11.0. The van der Waals surface area contributed by atoms with E-state index in [9.17, 15) is 0 Å². The Kier molecular flexibility index (Phi) is 18.0. The summed E-state index contributed by atoms with van der Waals surface area (Å²) in [5.41, 5.74) is 1.27. The Morgan fingerprint density at radius 3 is 1.78 bits per heavy atom. The Hall–Kier alpha value is -1.59. The molecule has 0 spiro atoms. The SMILES string of the molecule is CCCCCCCCCCCCCCc1c[nH]c(CCCC)n1.O=[N+]([O-])O. The zero-order valence-electron chi connectivity index (χ0n) is 17.5. The van der Waals surface area contributed by atoms with E-state index < -0.39 is 5.09 Å². The van der Waals surface area contributed by atoms with Gasteiger partial charge in [0.15, 0.2) is 0 Å². The van der Waals surface area contributed by atoms with E-state index in [1.807, 2.05) is 0 Å². The highest BCUT2D eigenvalue weighted by Crippen LogP contribution is 2.13. The van der Waals surface area contributed by atoms with Crippen LogP contribution in [0.3, 0.4) is 0 Å². The zero-order valence-corrected chi connectivity index (χ0v) is 17.5. The van der Waals surface area contributed by atoms with E-state index in [1.54, 1.807) is 0 Å². The van der Waals surface area contributed by atoms with Gasteiger partial charge in [-0.15, -0.1) is 10.1 Å². The van der Waals surface area contributed by atoms with Gasteiger partial charge in [0, 0.05) is 12.6 Å². The molecule has 1 rings (SSSR count). The Balaban J connectivity index is 0.00000153. The molecule has 0 fully saturated rings. The van der Waals surface area contributed by atoms with Crippen LogP contribution in [0.1, 0.15) is 115 Å². The molecular weight excluding hydrogens is 342 g/mol. The first-order chi connectivity index (χ1) is 13.1. The number of H-pyrrole nitrogens is 1. The molecule has 1 aromatic heterocycles. The fourth-order valence-corrected chi connectivity index (χ4v) is 3.15. The first kappa shape index (κ1) is 25.4. The highest BCUT2D eigenvalue weighted by molar-refractivity contribution is 5.01. The molecule has 1 heterocycles. The fourth-order valence-electron chi connectivity index (χ4n) is 3.15. The van der Waals surface area contributed by atoms with Gasteiger partial charge in [-0.1, -0.05) is 90.9 Å². The van der Waals surface area contributed by atoms with Gasteiger partial charge in [-0.05, 0) is 19.3 Å². The van der Waals surface area contributed by atoms with Crippen LogP contribution in [0.15, 0.2) is 6.20 Å². The van der Waals surface area contributed by atoms with Gasteiger partial charge < -0.3 is 10.2 Å². The van der Waals surface area contributed by atoms with Gasteiger partial charge in [0.2, 0.25) is 0 Å². The van der Waals surface area contributed by atoms with Gasteiger partial charge in [0.05, 0.1) is 5.69 Å². The topological polar surface area (TPSA) is 92.0 Å². The molecule has 158 valence electrons. The summed E-state index contributed by atoms with van der Waals surface area (Å²) in [4.78, 5) is 16.4. The highest BCUT2D eigenvalue weighted by atomic mass is 16.9. The third-order valence-electron chi connectivity index (χ3n) is 4.74. The molecule has 0 bridgehead atoms. The lowest BCUT2D eigenvalue weighted by atomic mass is 10.0. The van der Waals surface area contributed by atoms with Crippen LogP contribution in [0, 0.1) is 10.1 Å². The summed E-state index contributed by atoms with van der Waals surface area (Å²) in [5.74, 6) is 1.18. The Morgan fingerprint density at radius 2 is 1.30 bits per heavy atom. The summed E-state index contributed by atoms with van der Waals surface area (Å²) in [7, 11) is 0. The van der Waals surface area contributed by atoms with Crippen LogP contribution in [0.2, 0.25) is 0 Å². The zero-order chi connectivity index (χ0) is 20.2. The number of hydrogen-bond donors (Lipinski definition) is 2. The number of hydrogen-bond acceptors (Lipinski definition) is 3. The van der Waals surface area contributed by atoms with Crippen molar-refractivity contribution in [3.05, 3.63) is 27.8 Å². The molecule has 1 aromatic rings. The molecule has 0 aromatic carbocycles. The predicted molar refractivity (Wildman–Crippen MR) is 111 cm³/mol. The maximum absolute atomic E-state index is 8.36. The van der Waals surface area contributed by atoms with E-state index in [-0.39, 0.29) is 0 Å². The van der Waals surface area contributed by atoms with Gasteiger partial charge in [0.25, 0.3) is 5.09 Å². The summed E-state index contributed by atoms with van der Waals surface area (Å²) < 4.78 is 0. The average molecular weight is 384 g/mol. The number of imidazole rings is 1. The van der Waals surface area contributed by atoms with Crippen LogP contribution >= 0.6 is 0 Å². The number of nitrogens with zero attached hydrogens (tertiary/aromatic N) is 2. The average Bonchev–Trinajstić information content (AvgIpc) is 3.08. The first-order valence-corrected chi connectivity index (χ1v) is 11.0. The quantitative estimate of drug-likeness (QED) is 0.190. The van der Waals surface area contributed by atoms with Gasteiger partial charge in [-0.3, -0.25) is 0 Å². The molecule has 2 N–H and O–H groups in total. The monoisotopic (exact) mass is 383 g/mol. The van der Waals surface area contributed by atoms with E-state index in [0.29, 0.717) is 0 Å². The maximum Gasteiger partial charge on any atom is 0.291 e. The molecule has 0 aliphatic heterocycles. The van der Waals surface area contributed by atoms with Crippen molar-refractivity contribution in [2.75, 3.05) is 0 Å². The van der Waals surface area contributed by atoms with Gasteiger partial charge >= 0.3 is 0 Å². The molecule has 0 saturated heterocycles. The molecule has 0 amide bonds. The van der Waals surface area contributed by atoms with Crippen LogP contribution < -0.4 is 0 Å². The Labute approximate surface area is 165 Å². The second-order valence-corrected chi connectivity index (χ2v) is 7.32. The summed E-state index contributed by atoms with van der Waals surface area (Å²) >= 11 is 0. The molecule has 6 nitrogen and oxygen atoms in total. The smallest absolute Gasteiger partial charge is 0.291 e. The predicted octanol–water partition coefficient (Wildman–Crippen LogP) is 6.65. The lowest BCUT2D eigenvalue weighted by Gasteiger charge is -2.02. The molecular formula is C21H41N3O3. The molecule has 0 saturated carbocycles. The molecule has 0 atom stereocenters. The van der Waals surface area contributed by atoms with Crippen molar-refractivity contribution in [3.8, 4) is 0 Å². The molecule has 6 heteroatoms. The van der Waals surface area contributed by atoms with E-state index in [2.05, 4.69) is 30.0 Å². The van der Waals surface area contributed by atoms with Crippen molar-refractivity contribution in [2.45, 2.75) is 117 Å². The number of aromatic nitrogens is 2. The largest absolute Gasteiger partial charge is 0.348 e. The Bertz CT molecular complexity index is 446. The number of aromatic amines is 1. The second kappa shape index (κ2) is 19.2. The third-order valence-corrected chi connectivity index (χ3v) is 4.74. The van der Waals surface area contributed by atoms with Crippen molar-refractivity contribution < 1.29 is 10.3 Å². The summed E-state index contributed by atoms with van der Waals surface area (Å²) in [6.07, 6.45) is 23.9. The number of aryl methyl sites for hydroxylation is 2. The van der Waals surface area contributed by atoms with Crippen molar-refractivity contribution in [3.63, 3.8) is 0 Å². The lowest BCUT2D eigenvalue weighted by molar-refractivity contribution is -0.742. The normalized spacial score (nSPS) is 10.4. The standard InChI is InChI=1S/C21H40N2.HNO3/c1-3-5-7-8-9-10-11-12-13-14-15-16-17-20-19-22-21(23-20)18-6-4-2;2-1(3)4/h19H,3-18H2,1-2H3,(H,22,23);(H,2,3,4). The molecule has 0 radical (unpaired) electrons. The van der Waals surface area contributed by atoms with Crippen LogP contribution in [0.5, 0.6) is 0 Å². The summed E-state index contributed by atoms with van der Waals surface area (Å²) in [6.45, 7) is 4.52. The summed E-state index contributed by atoms with van der Waals surface area (Å²) in [6, 6.07) is 0. The van der Waals surface area contributed by atoms with E-state index >= 15 is 0 Å². The van der Waals surface area contributed by atoms with E-state index in [1.165, 1.54) is 101 Å². The van der Waals surface area contributed by atoms with E-state index in [0.717, 1.165) is 12.8 Å². The van der Waals surface area contributed by atoms with Gasteiger partial charge in [-0.2, -0.15) is 0 Å². The van der Waals surface area contributed by atoms with Crippen molar-refractivity contribution in [1.82, 2.24) is 9.97 Å². The van der Waals surface area contributed by atoms with Crippen LogP contribution in [-0.2, 0) is 12.8 Å². The maximum atomic E-state index is 8.36. The minimum Gasteiger partial charge on any atom is -0.348 e. The molecule has 0 aliphatic carbocycles.